The molecule has 0 fully saturated rings. The van der Waals surface area contributed by atoms with Crippen LogP contribution in [0.15, 0.2) is 64.3 Å². The molecule has 0 bridgehead atoms. The molecule has 160 valence electrons. The quantitative estimate of drug-likeness (QED) is 0.443. The van der Waals surface area contributed by atoms with Crippen molar-refractivity contribution in [1.82, 2.24) is 29.3 Å². The number of benzene rings is 1. The Labute approximate surface area is 181 Å². The topological polar surface area (TPSA) is 124 Å². The van der Waals surface area contributed by atoms with Crippen LogP contribution in [0.5, 0.6) is 0 Å². The summed E-state index contributed by atoms with van der Waals surface area (Å²) in [7, 11) is 0. The van der Waals surface area contributed by atoms with Crippen LogP contribution >= 0.6 is 0 Å². The smallest absolute Gasteiger partial charge is 0.255 e. The molecule has 0 unspecified atom stereocenters. The van der Waals surface area contributed by atoms with E-state index in [2.05, 4.69) is 25.4 Å². The monoisotopic (exact) mass is 429 g/mol. The van der Waals surface area contributed by atoms with Gasteiger partial charge in [-0.3, -0.25) is 14.6 Å². The minimum absolute atomic E-state index is 0.0542. The molecule has 0 radical (unpaired) electrons. The Kier molecular flexibility index (Phi) is 4.66. The largest absolute Gasteiger partial charge is 0.463 e. The number of imidazole rings is 1. The minimum Gasteiger partial charge on any atom is -0.463 e. The highest BCUT2D eigenvalue weighted by Crippen LogP contribution is 2.24. The number of carbonyl (C=O) groups excluding carboxylic acids is 1. The molecule has 0 aliphatic rings. The highest BCUT2D eigenvalue weighted by atomic mass is 16.3. The molecular formula is C22H19N7O3. The normalized spacial score (nSPS) is 11.2. The number of hydrogen-bond donors (Lipinski definition) is 2. The zero-order chi connectivity index (χ0) is 22.2. The third-order valence-electron chi connectivity index (χ3n) is 5.17. The van der Waals surface area contributed by atoms with Gasteiger partial charge in [-0.25, -0.2) is 9.97 Å². The molecule has 1 aromatic carbocycles. The number of aryl methyl sites for hydroxylation is 1. The predicted molar refractivity (Wildman–Crippen MR) is 118 cm³/mol. The maximum atomic E-state index is 12.9. The van der Waals surface area contributed by atoms with Gasteiger partial charge in [0.1, 0.15) is 18.1 Å². The third kappa shape index (κ3) is 3.47. The average molecular weight is 429 g/mol. The first-order valence-electron chi connectivity index (χ1n) is 9.91. The highest BCUT2D eigenvalue weighted by Gasteiger charge is 2.18. The lowest BCUT2D eigenvalue weighted by Gasteiger charge is -2.10. The number of furan rings is 1. The van der Waals surface area contributed by atoms with Crippen molar-refractivity contribution in [3.8, 4) is 17.4 Å². The van der Waals surface area contributed by atoms with Crippen LogP contribution in [0.25, 0.3) is 28.4 Å². The van der Waals surface area contributed by atoms with Crippen LogP contribution in [0.4, 0.5) is 5.82 Å². The lowest BCUT2D eigenvalue weighted by atomic mass is 10.3. The zero-order valence-corrected chi connectivity index (χ0v) is 17.4. The molecule has 4 heterocycles. The molecule has 5 aromatic rings. The molecule has 32 heavy (non-hydrogen) atoms. The molecule has 0 saturated heterocycles. The van der Waals surface area contributed by atoms with E-state index in [4.69, 9.17) is 4.42 Å². The van der Waals surface area contributed by atoms with Crippen LogP contribution in [0, 0.1) is 13.8 Å². The number of rotatable bonds is 5. The lowest BCUT2D eigenvalue weighted by Crippen LogP contribution is -2.22. The Morgan fingerprint density at radius 1 is 1.19 bits per heavy atom. The second-order valence-corrected chi connectivity index (χ2v) is 7.31. The van der Waals surface area contributed by atoms with Crippen molar-refractivity contribution in [3.63, 3.8) is 0 Å². The number of hydrogen-bond acceptors (Lipinski definition) is 6. The molecule has 0 aliphatic heterocycles. The fourth-order valence-electron chi connectivity index (χ4n) is 3.38. The number of para-hydroxylation sites is 2. The summed E-state index contributed by atoms with van der Waals surface area (Å²) in [5.74, 6) is 0.772. The predicted octanol–water partition coefficient (Wildman–Crippen LogP) is 2.82. The van der Waals surface area contributed by atoms with Gasteiger partial charge in [-0.15, -0.1) is 0 Å². The van der Waals surface area contributed by atoms with Crippen molar-refractivity contribution in [1.29, 1.82) is 0 Å². The first-order valence-corrected chi connectivity index (χ1v) is 9.91. The Morgan fingerprint density at radius 3 is 2.81 bits per heavy atom. The second kappa shape index (κ2) is 7.65. The molecule has 10 nitrogen and oxygen atoms in total. The molecule has 1 amide bonds. The molecule has 0 atom stereocenters. The van der Waals surface area contributed by atoms with Crippen molar-refractivity contribution in [2.75, 3.05) is 5.32 Å². The first kappa shape index (κ1) is 19.5. The van der Waals surface area contributed by atoms with Gasteiger partial charge in [0.15, 0.2) is 5.76 Å². The van der Waals surface area contributed by atoms with E-state index in [1.54, 1.807) is 42.9 Å². The van der Waals surface area contributed by atoms with E-state index < -0.39 is 0 Å². The number of nitrogens with one attached hydrogen (secondary N) is 2. The van der Waals surface area contributed by atoms with Gasteiger partial charge in [0.05, 0.1) is 23.6 Å². The maximum Gasteiger partial charge on any atom is 0.255 e. The molecule has 5 rings (SSSR count). The third-order valence-corrected chi connectivity index (χ3v) is 5.17. The van der Waals surface area contributed by atoms with Gasteiger partial charge in [-0.2, -0.15) is 9.78 Å². The van der Waals surface area contributed by atoms with Gasteiger partial charge in [-0.05, 0) is 38.1 Å². The van der Waals surface area contributed by atoms with E-state index in [0.717, 1.165) is 11.0 Å². The Morgan fingerprint density at radius 2 is 2.03 bits per heavy atom. The van der Waals surface area contributed by atoms with Gasteiger partial charge in [0.2, 0.25) is 11.9 Å². The second-order valence-electron chi connectivity index (χ2n) is 7.31. The van der Waals surface area contributed by atoms with Crippen LogP contribution in [0.3, 0.4) is 0 Å². The van der Waals surface area contributed by atoms with Crippen molar-refractivity contribution < 1.29 is 9.21 Å². The number of fused-ring (bicyclic) bond motifs is 1. The lowest BCUT2D eigenvalue weighted by molar-refractivity contribution is -0.116. The van der Waals surface area contributed by atoms with E-state index >= 15 is 0 Å². The van der Waals surface area contributed by atoms with Crippen LogP contribution < -0.4 is 10.9 Å². The average Bonchev–Trinajstić information content (AvgIpc) is 3.52. The summed E-state index contributed by atoms with van der Waals surface area (Å²) in [6, 6.07) is 12.7. The molecule has 2 N–H and O–H groups in total. The zero-order valence-electron chi connectivity index (χ0n) is 17.4. The molecule has 0 saturated carbocycles. The fourth-order valence-corrected chi connectivity index (χ4v) is 3.38. The summed E-state index contributed by atoms with van der Waals surface area (Å²) in [6.07, 6.45) is 3.16. The van der Waals surface area contributed by atoms with Gasteiger partial charge in [0, 0.05) is 17.3 Å². The fraction of sp³-hybridized carbons (Fsp3) is 0.136. The van der Waals surface area contributed by atoms with Crippen molar-refractivity contribution in [3.05, 3.63) is 76.7 Å². The van der Waals surface area contributed by atoms with Gasteiger partial charge in [0.25, 0.3) is 5.56 Å². The van der Waals surface area contributed by atoms with E-state index in [-0.39, 0.29) is 24.0 Å². The van der Waals surface area contributed by atoms with Crippen LogP contribution in [0.2, 0.25) is 0 Å². The number of anilines is 1. The molecule has 10 heteroatoms. The Balaban J connectivity index is 1.51. The Hall–Kier alpha value is -4.47. The number of aromatic nitrogens is 6. The number of carbonyl (C=O) groups is 1. The SMILES string of the molecule is Cc1nc(-n2nc(-c3ccco3)cc2NC(=O)Cn2cnc3ccccc32)[nH]c(=O)c1C. The molecular weight excluding hydrogens is 410 g/mol. The van der Waals surface area contributed by atoms with Crippen LogP contribution in [-0.2, 0) is 11.3 Å². The van der Waals surface area contributed by atoms with Gasteiger partial charge >= 0.3 is 0 Å². The summed E-state index contributed by atoms with van der Waals surface area (Å²) >= 11 is 0. The van der Waals surface area contributed by atoms with E-state index in [1.807, 2.05) is 24.3 Å². The highest BCUT2D eigenvalue weighted by molar-refractivity contribution is 5.91. The van der Waals surface area contributed by atoms with Gasteiger partial charge < -0.3 is 14.3 Å². The van der Waals surface area contributed by atoms with Gasteiger partial charge in [-0.1, -0.05) is 12.1 Å². The maximum absolute atomic E-state index is 12.9. The van der Waals surface area contributed by atoms with Crippen molar-refractivity contribution >= 4 is 22.8 Å². The van der Waals surface area contributed by atoms with E-state index in [0.29, 0.717) is 28.5 Å². The number of aromatic amines is 1. The van der Waals surface area contributed by atoms with Crippen molar-refractivity contribution in [2.45, 2.75) is 20.4 Å². The van der Waals surface area contributed by atoms with Crippen LogP contribution in [-0.4, -0.2) is 35.2 Å². The molecule has 0 aliphatic carbocycles. The standard InChI is InChI=1S/C22H19N7O3/c1-13-14(2)24-22(26-21(13)31)29-19(10-16(27-29)18-8-5-9-32-18)25-20(30)11-28-12-23-15-6-3-4-7-17(15)28/h3-10,12H,11H2,1-2H3,(H,25,30)(H,24,26,31). The minimum atomic E-state index is -0.286. The number of amides is 1. The summed E-state index contributed by atoms with van der Waals surface area (Å²) in [4.78, 5) is 36.6. The summed E-state index contributed by atoms with van der Waals surface area (Å²) in [5.41, 5.74) is 2.96. The van der Waals surface area contributed by atoms with E-state index in [1.165, 1.54) is 10.9 Å². The van der Waals surface area contributed by atoms with Crippen LogP contribution in [0.1, 0.15) is 11.3 Å². The van der Waals surface area contributed by atoms with Crippen molar-refractivity contribution in [2.24, 2.45) is 0 Å². The Bertz CT molecular complexity index is 1490. The molecule has 4 aromatic heterocycles. The summed E-state index contributed by atoms with van der Waals surface area (Å²) in [5, 5.41) is 7.35. The summed E-state index contributed by atoms with van der Waals surface area (Å²) in [6.45, 7) is 3.49. The summed E-state index contributed by atoms with van der Waals surface area (Å²) < 4.78 is 8.58. The molecule has 0 spiro atoms. The van der Waals surface area contributed by atoms with E-state index in [9.17, 15) is 9.59 Å². The number of nitrogens with zero attached hydrogens (tertiary/aromatic N) is 5. The number of H-pyrrole nitrogens is 1. The first-order chi connectivity index (χ1) is 15.5.